The molecule has 0 unspecified atom stereocenters. The number of nitro groups is 1. The number of hydrogen-bond acceptors (Lipinski definition) is 5. The Morgan fingerprint density at radius 1 is 1.29 bits per heavy atom. The summed E-state index contributed by atoms with van der Waals surface area (Å²) in [4.78, 5) is 35.0. The molecule has 24 heavy (non-hydrogen) atoms. The van der Waals surface area contributed by atoms with Crippen LogP contribution in [0.25, 0.3) is 0 Å². The van der Waals surface area contributed by atoms with Gasteiger partial charge in [0.15, 0.2) is 0 Å². The van der Waals surface area contributed by atoms with Crippen LogP contribution in [0.2, 0.25) is 0 Å². The first-order chi connectivity index (χ1) is 11.4. The topological polar surface area (TPSA) is 101 Å². The molecule has 0 atom stereocenters. The lowest BCUT2D eigenvalue weighted by Crippen LogP contribution is -2.19. The van der Waals surface area contributed by atoms with E-state index in [4.69, 9.17) is 0 Å². The van der Waals surface area contributed by atoms with Crippen LogP contribution in [0.3, 0.4) is 0 Å². The van der Waals surface area contributed by atoms with Crippen molar-refractivity contribution in [1.29, 1.82) is 0 Å². The molecule has 2 aromatic rings. The fourth-order valence-electron chi connectivity index (χ4n) is 2.37. The number of carbonyl (C=O) groups excluding carboxylic acids is 2. The minimum atomic E-state index is -0.485. The normalized spacial score (nSPS) is 13.0. The molecule has 0 aromatic heterocycles. The molecule has 3 rings (SSSR count). The standard InChI is InChI=1S/C16H13N3O4S/c1-9-6-10(2-4-13(9)19(22)23)16(21)17-11-3-5-14-12(7-11)18-15(20)8-24-14/h2-7H,8H2,1H3,(H,17,21)(H,18,20). The average Bonchev–Trinajstić information content (AvgIpc) is 2.54. The summed E-state index contributed by atoms with van der Waals surface area (Å²) in [5.41, 5.74) is 1.92. The number of nitrogens with one attached hydrogen (secondary N) is 2. The Balaban J connectivity index is 1.80. The van der Waals surface area contributed by atoms with E-state index in [9.17, 15) is 19.7 Å². The maximum atomic E-state index is 12.3. The molecule has 0 aliphatic carbocycles. The third-order valence-electron chi connectivity index (χ3n) is 3.53. The molecule has 7 nitrogen and oxygen atoms in total. The summed E-state index contributed by atoms with van der Waals surface area (Å²) in [6.07, 6.45) is 0. The molecule has 2 amide bonds. The van der Waals surface area contributed by atoms with E-state index >= 15 is 0 Å². The van der Waals surface area contributed by atoms with E-state index in [-0.39, 0.29) is 17.5 Å². The highest BCUT2D eigenvalue weighted by atomic mass is 32.2. The van der Waals surface area contributed by atoms with Crippen LogP contribution in [0.15, 0.2) is 41.3 Å². The summed E-state index contributed by atoms with van der Waals surface area (Å²) in [6.45, 7) is 1.58. The highest BCUT2D eigenvalue weighted by molar-refractivity contribution is 8.00. The number of anilines is 2. The van der Waals surface area contributed by atoms with E-state index in [1.54, 1.807) is 19.1 Å². The molecule has 2 aromatic carbocycles. The van der Waals surface area contributed by atoms with Crippen LogP contribution < -0.4 is 10.6 Å². The van der Waals surface area contributed by atoms with Crippen LogP contribution in [0.1, 0.15) is 15.9 Å². The quantitative estimate of drug-likeness (QED) is 0.658. The zero-order valence-electron chi connectivity index (χ0n) is 12.7. The summed E-state index contributed by atoms with van der Waals surface area (Å²) in [7, 11) is 0. The average molecular weight is 343 g/mol. The zero-order valence-corrected chi connectivity index (χ0v) is 13.5. The van der Waals surface area contributed by atoms with Gasteiger partial charge in [0.05, 0.1) is 16.4 Å². The molecule has 8 heteroatoms. The molecule has 0 saturated heterocycles. The van der Waals surface area contributed by atoms with E-state index in [2.05, 4.69) is 10.6 Å². The maximum Gasteiger partial charge on any atom is 0.272 e. The Bertz CT molecular complexity index is 866. The van der Waals surface area contributed by atoms with Crippen LogP contribution in [0, 0.1) is 17.0 Å². The molecule has 0 fully saturated rings. The molecule has 0 bridgehead atoms. The lowest BCUT2D eigenvalue weighted by molar-refractivity contribution is -0.385. The van der Waals surface area contributed by atoms with Crippen LogP contribution in [-0.2, 0) is 4.79 Å². The van der Waals surface area contributed by atoms with Crippen LogP contribution >= 0.6 is 11.8 Å². The Kier molecular flexibility index (Phi) is 4.22. The molecule has 0 spiro atoms. The predicted molar refractivity (Wildman–Crippen MR) is 91.6 cm³/mol. The van der Waals surface area contributed by atoms with Gasteiger partial charge < -0.3 is 10.6 Å². The summed E-state index contributed by atoms with van der Waals surface area (Å²) >= 11 is 1.44. The third kappa shape index (κ3) is 3.23. The zero-order chi connectivity index (χ0) is 17.3. The van der Waals surface area contributed by atoms with E-state index in [1.807, 2.05) is 6.07 Å². The predicted octanol–water partition coefficient (Wildman–Crippen LogP) is 3.20. The van der Waals surface area contributed by atoms with Gasteiger partial charge in [-0.2, -0.15) is 0 Å². The van der Waals surface area contributed by atoms with E-state index in [0.717, 1.165) is 4.90 Å². The fourth-order valence-corrected chi connectivity index (χ4v) is 3.15. The molecule has 1 aliphatic heterocycles. The van der Waals surface area contributed by atoms with Gasteiger partial charge in [-0.25, -0.2) is 0 Å². The number of rotatable bonds is 3. The SMILES string of the molecule is Cc1cc(C(=O)Nc2ccc3c(c2)NC(=O)CS3)ccc1[N+](=O)[O-]. The number of benzene rings is 2. The van der Waals surface area contributed by atoms with Gasteiger partial charge >= 0.3 is 0 Å². The Hall–Kier alpha value is -2.87. The maximum absolute atomic E-state index is 12.3. The number of nitrogens with zero attached hydrogens (tertiary/aromatic N) is 1. The summed E-state index contributed by atoms with van der Waals surface area (Å²) in [6, 6.07) is 9.47. The molecular formula is C16H13N3O4S. The highest BCUT2D eigenvalue weighted by Gasteiger charge is 2.17. The van der Waals surface area contributed by atoms with Crippen molar-refractivity contribution >= 4 is 40.6 Å². The van der Waals surface area contributed by atoms with Crippen molar-refractivity contribution in [1.82, 2.24) is 0 Å². The minimum Gasteiger partial charge on any atom is -0.324 e. The fraction of sp³-hybridized carbons (Fsp3) is 0.125. The minimum absolute atomic E-state index is 0.0277. The first-order valence-corrected chi connectivity index (χ1v) is 8.06. The third-order valence-corrected chi connectivity index (χ3v) is 4.60. The van der Waals surface area contributed by atoms with Crippen LogP contribution in [0.5, 0.6) is 0 Å². The second kappa shape index (κ2) is 6.32. The molecule has 1 heterocycles. The molecular weight excluding hydrogens is 330 g/mol. The van der Waals surface area contributed by atoms with Crippen molar-refractivity contribution in [3.63, 3.8) is 0 Å². The van der Waals surface area contributed by atoms with Crippen molar-refractivity contribution < 1.29 is 14.5 Å². The van der Waals surface area contributed by atoms with Gasteiger partial charge in [-0.15, -0.1) is 11.8 Å². The summed E-state index contributed by atoms with van der Waals surface area (Å²) in [5, 5.41) is 16.3. The van der Waals surface area contributed by atoms with Gasteiger partial charge in [0.2, 0.25) is 5.91 Å². The smallest absolute Gasteiger partial charge is 0.272 e. The van der Waals surface area contributed by atoms with Gasteiger partial charge in [-0.1, -0.05) is 0 Å². The van der Waals surface area contributed by atoms with Crippen molar-refractivity contribution in [2.75, 3.05) is 16.4 Å². The highest BCUT2D eigenvalue weighted by Crippen LogP contribution is 2.33. The largest absolute Gasteiger partial charge is 0.324 e. The second-order valence-corrected chi connectivity index (χ2v) is 6.28. The van der Waals surface area contributed by atoms with E-state index in [0.29, 0.717) is 28.3 Å². The summed E-state index contributed by atoms with van der Waals surface area (Å²) in [5.74, 6) is -0.0782. The van der Waals surface area contributed by atoms with Gasteiger partial charge in [-0.3, -0.25) is 19.7 Å². The Labute approximate surface area is 141 Å². The monoisotopic (exact) mass is 343 g/mol. The first kappa shape index (κ1) is 16.0. The number of carbonyl (C=O) groups is 2. The molecule has 1 aliphatic rings. The lowest BCUT2D eigenvalue weighted by Gasteiger charge is -2.17. The van der Waals surface area contributed by atoms with Crippen molar-refractivity contribution in [3.05, 3.63) is 57.6 Å². The van der Waals surface area contributed by atoms with Gasteiger partial charge in [0.25, 0.3) is 11.6 Å². The van der Waals surface area contributed by atoms with Crippen molar-refractivity contribution in [3.8, 4) is 0 Å². The molecule has 0 radical (unpaired) electrons. The van der Waals surface area contributed by atoms with Gasteiger partial charge in [0, 0.05) is 27.8 Å². The molecule has 122 valence electrons. The van der Waals surface area contributed by atoms with Crippen LogP contribution in [0.4, 0.5) is 17.1 Å². The van der Waals surface area contributed by atoms with Crippen molar-refractivity contribution in [2.24, 2.45) is 0 Å². The molecule has 2 N–H and O–H groups in total. The number of hydrogen-bond donors (Lipinski definition) is 2. The number of thioether (sulfide) groups is 1. The number of aryl methyl sites for hydroxylation is 1. The number of fused-ring (bicyclic) bond motifs is 1. The second-order valence-electron chi connectivity index (χ2n) is 5.26. The van der Waals surface area contributed by atoms with Gasteiger partial charge in [-0.05, 0) is 37.3 Å². The summed E-state index contributed by atoms with van der Waals surface area (Å²) < 4.78 is 0. The van der Waals surface area contributed by atoms with Gasteiger partial charge in [0.1, 0.15) is 0 Å². The number of amides is 2. The van der Waals surface area contributed by atoms with E-state index < -0.39 is 4.92 Å². The molecule has 0 saturated carbocycles. The Morgan fingerprint density at radius 2 is 2.08 bits per heavy atom. The lowest BCUT2D eigenvalue weighted by atomic mass is 10.1. The Morgan fingerprint density at radius 3 is 2.79 bits per heavy atom. The van der Waals surface area contributed by atoms with E-state index in [1.165, 1.54) is 30.0 Å². The first-order valence-electron chi connectivity index (χ1n) is 7.07. The van der Waals surface area contributed by atoms with Crippen LogP contribution in [-0.4, -0.2) is 22.5 Å². The number of nitro benzene ring substituents is 1. The van der Waals surface area contributed by atoms with Crippen molar-refractivity contribution in [2.45, 2.75) is 11.8 Å².